The first-order valence-electron chi connectivity index (χ1n) is 11.3. The average molecular weight is 475 g/mol. The summed E-state index contributed by atoms with van der Waals surface area (Å²) in [6.45, 7) is 1.15. The quantitative estimate of drug-likeness (QED) is 0.528. The van der Waals surface area contributed by atoms with Crippen molar-refractivity contribution in [1.82, 2.24) is 9.21 Å². The zero-order chi connectivity index (χ0) is 23.8. The number of amides is 1. The van der Waals surface area contributed by atoms with Crippen molar-refractivity contribution >= 4 is 15.9 Å². The Kier molecular flexibility index (Phi) is 8.74. The van der Waals surface area contributed by atoms with Gasteiger partial charge in [0, 0.05) is 26.7 Å². The fourth-order valence-corrected chi connectivity index (χ4v) is 5.85. The van der Waals surface area contributed by atoms with Gasteiger partial charge in [0.25, 0.3) is 0 Å². The van der Waals surface area contributed by atoms with E-state index in [-0.39, 0.29) is 24.1 Å². The van der Waals surface area contributed by atoms with Crippen LogP contribution in [0.3, 0.4) is 0 Å². The predicted octanol–water partition coefficient (Wildman–Crippen LogP) is 3.34. The highest BCUT2D eigenvalue weighted by molar-refractivity contribution is 7.89. The number of benzene rings is 2. The van der Waals surface area contributed by atoms with Gasteiger partial charge in [-0.05, 0) is 48.9 Å². The standard InChI is InChI=1S/C25H34N2O5S/c1-26(18-21-13-14-23(31-2)24(17-21)32-3)25(28)22-12-7-15-27(19-22)33(29,30)16-8-11-20-9-5-4-6-10-20/h4-6,9-10,13-14,17,22H,7-8,11-12,15-16,18-19H2,1-3H3/t22-/m0/s1. The second-order valence-corrected chi connectivity index (χ2v) is 10.6. The van der Waals surface area contributed by atoms with Crippen molar-refractivity contribution in [2.45, 2.75) is 32.2 Å². The molecule has 0 bridgehead atoms. The summed E-state index contributed by atoms with van der Waals surface area (Å²) in [7, 11) is 1.53. The van der Waals surface area contributed by atoms with E-state index in [4.69, 9.17) is 9.47 Å². The van der Waals surface area contributed by atoms with E-state index in [9.17, 15) is 13.2 Å². The Morgan fingerprint density at radius 1 is 1.06 bits per heavy atom. The summed E-state index contributed by atoms with van der Waals surface area (Å²) in [5.41, 5.74) is 2.06. The largest absolute Gasteiger partial charge is 0.493 e. The second-order valence-electron chi connectivity index (χ2n) is 8.49. The molecule has 0 N–H and O–H groups in total. The molecule has 0 spiro atoms. The molecule has 0 aromatic heterocycles. The predicted molar refractivity (Wildman–Crippen MR) is 129 cm³/mol. The van der Waals surface area contributed by atoms with Gasteiger partial charge in [-0.2, -0.15) is 0 Å². The van der Waals surface area contributed by atoms with Crippen molar-refractivity contribution in [2.24, 2.45) is 5.92 Å². The molecular formula is C25H34N2O5S. The Labute approximate surface area is 197 Å². The van der Waals surface area contributed by atoms with Crippen LogP contribution in [-0.2, 0) is 27.8 Å². The Morgan fingerprint density at radius 3 is 2.48 bits per heavy atom. The number of hydrogen-bond acceptors (Lipinski definition) is 5. The van der Waals surface area contributed by atoms with Gasteiger partial charge >= 0.3 is 0 Å². The molecule has 0 aliphatic carbocycles. The minimum atomic E-state index is -3.39. The van der Waals surface area contributed by atoms with Gasteiger partial charge in [0.1, 0.15) is 0 Å². The first-order chi connectivity index (χ1) is 15.8. The third-order valence-electron chi connectivity index (χ3n) is 6.08. The van der Waals surface area contributed by atoms with Gasteiger partial charge in [-0.3, -0.25) is 4.79 Å². The number of carbonyl (C=O) groups is 1. The fourth-order valence-electron chi connectivity index (χ4n) is 4.27. The van der Waals surface area contributed by atoms with E-state index in [2.05, 4.69) is 0 Å². The summed E-state index contributed by atoms with van der Waals surface area (Å²) >= 11 is 0. The lowest BCUT2D eigenvalue weighted by atomic mass is 9.98. The Hall–Kier alpha value is -2.58. The van der Waals surface area contributed by atoms with Gasteiger partial charge in [-0.25, -0.2) is 12.7 Å². The van der Waals surface area contributed by atoms with Crippen LogP contribution in [-0.4, -0.2) is 63.6 Å². The first-order valence-corrected chi connectivity index (χ1v) is 12.9. The van der Waals surface area contributed by atoms with Crippen molar-refractivity contribution < 1.29 is 22.7 Å². The maximum atomic E-state index is 13.1. The van der Waals surface area contributed by atoms with E-state index in [1.165, 1.54) is 4.31 Å². The molecule has 8 heteroatoms. The molecule has 0 unspecified atom stereocenters. The van der Waals surface area contributed by atoms with Gasteiger partial charge in [0.2, 0.25) is 15.9 Å². The number of rotatable bonds is 10. The minimum absolute atomic E-state index is 0.0334. The highest BCUT2D eigenvalue weighted by Crippen LogP contribution is 2.28. The lowest BCUT2D eigenvalue weighted by Crippen LogP contribution is -2.46. The number of piperidine rings is 1. The molecule has 1 amide bonds. The zero-order valence-corrected chi connectivity index (χ0v) is 20.5. The van der Waals surface area contributed by atoms with Crippen LogP contribution in [0, 0.1) is 5.92 Å². The Balaban J connectivity index is 1.56. The van der Waals surface area contributed by atoms with Crippen LogP contribution < -0.4 is 9.47 Å². The van der Waals surface area contributed by atoms with Crippen molar-refractivity contribution in [3.05, 3.63) is 59.7 Å². The molecule has 1 heterocycles. The van der Waals surface area contributed by atoms with E-state index < -0.39 is 10.0 Å². The molecular weight excluding hydrogens is 440 g/mol. The van der Waals surface area contributed by atoms with Crippen molar-refractivity contribution in [1.29, 1.82) is 0 Å². The van der Waals surface area contributed by atoms with Gasteiger partial charge in [-0.1, -0.05) is 36.4 Å². The Morgan fingerprint density at radius 2 is 1.79 bits per heavy atom. The molecule has 180 valence electrons. The number of hydrogen-bond donors (Lipinski definition) is 0. The van der Waals surface area contributed by atoms with Crippen LogP contribution in [0.2, 0.25) is 0 Å². The minimum Gasteiger partial charge on any atom is -0.493 e. The lowest BCUT2D eigenvalue weighted by Gasteiger charge is -2.33. The summed E-state index contributed by atoms with van der Waals surface area (Å²) in [6.07, 6.45) is 2.69. The van der Waals surface area contributed by atoms with E-state index >= 15 is 0 Å². The molecule has 0 saturated carbocycles. The summed E-state index contributed by atoms with van der Waals surface area (Å²) in [5.74, 6) is 0.989. The van der Waals surface area contributed by atoms with E-state index in [0.717, 1.165) is 17.5 Å². The number of aryl methyl sites for hydroxylation is 1. The highest BCUT2D eigenvalue weighted by atomic mass is 32.2. The number of carbonyl (C=O) groups excluding carboxylic acids is 1. The van der Waals surface area contributed by atoms with Gasteiger partial charge in [0.15, 0.2) is 11.5 Å². The molecule has 1 aliphatic rings. The van der Waals surface area contributed by atoms with Crippen molar-refractivity contribution in [3.8, 4) is 11.5 Å². The molecule has 2 aromatic rings. The van der Waals surface area contributed by atoms with Crippen molar-refractivity contribution in [2.75, 3.05) is 40.1 Å². The third-order valence-corrected chi connectivity index (χ3v) is 8.00. The molecule has 1 aliphatic heterocycles. The average Bonchev–Trinajstić information content (AvgIpc) is 2.84. The fraction of sp³-hybridized carbons (Fsp3) is 0.480. The van der Waals surface area contributed by atoms with Gasteiger partial charge in [-0.15, -0.1) is 0 Å². The number of sulfonamides is 1. The third kappa shape index (κ3) is 6.71. The molecule has 33 heavy (non-hydrogen) atoms. The smallest absolute Gasteiger partial charge is 0.227 e. The molecule has 1 fully saturated rings. The van der Waals surface area contributed by atoms with Crippen molar-refractivity contribution in [3.63, 3.8) is 0 Å². The molecule has 3 rings (SSSR count). The summed E-state index contributed by atoms with van der Waals surface area (Å²) in [5, 5.41) is 0. The van der Waals surface area contributed by atoms with E-state index in [1.807, 2.05) is 48.5 Å². The summed E-state index contributed by atoms with van der Waals surface area (Å²) in [6, 6.07) is 15.5. The van der Waals surface area contributed by atoms with Crippen LogP contribution in [0.25, 0.3) is 0 Å². The second kappa shape index (κ2) is 11.5. The lowest BCUT2D eigenvalue weighted by molar-refractivity contribution is -0.135. The summed E-state index contributed by atoms with van der Waals surface area (Å²) in [4.78, 5) is 14.8. The van der Waals surface area contributed by atoms with Crippen LogP contribution in [0.5, 0.6) is 11.5 Å². The number of ether oxygens (including phenoxy) is 2. The van der Waals surface area contributed by atoms with Gasteiger partial charge in [0.05, 0.1) is 25.9 Å². The highest BCUT2D eigenvalue weighted by Gasteiger charge is 2.33. The number of methoxy groups -OCH3 is 2. The van der Waals surface area contributed by atoms with Crippen LogP contribution in [0.1, 0.15) is 30.4 Å². The summed E-state index contributed by atoms with van der Waals surface area (Å²) < 4.78 is 37.9. The molecule has 0 radical (unpaired) electrons. The monoisotopic (exact) mass is 474 g/mol. The number of nitrogens with zero attached hydrogens (tertiary/aromatic N) is 2. The molecule has 1 atom stereocenters. The normalized spacial score (nSPS) is 16.9. The first kappa shape index (κ1) is 25.1. The maximum absolute atomic E-state index is 13.1. The topological polar surface area (TPSA) is 76.2 Å². The molecule has 7 nitrogen and oxygen atoms in total. The van der Waals surface area contributed by atoms with E-state index in [0.29, 0.717) is 43.9 Å². The van der Waals surface area contributed by atoms with E-state index in [1.54, 1.807) is 26.2 Å². The maximum Gasteiger partial charge on any atom is 0.227 e. The van der Waals surface area contributed by atoms with Crippen LogP contribution in [0.4, 0.5) is 0 Å². The Bertz CT molecular complexity index is 1030. The van der Waals surface area contributed by atoms with Gasteiger partial charge < -0.3 is 14.4 Å². The molecule has 1 saturated heterocycles. The van der Waals surface area contributed by atoms with Crippen LogP contribution in [0.15, 0.2) is 48.5 Å². The zero-order valence-electron chi connectivity index (χ0n) is 19.7. The molecule has 2 aromatic carbocycles. The van der Waals surface area contributed by atoms with Crippen LogP contribution >= 0.6 is 0 Å². The SMILES string of the molecule is COc1ccc(CN(C)C(=O)[C@H]2CCCN(S(=O)(=O)CCCc3ccccc3)C2)cc1OC.